The zero-order chi connectivity index (χ0) is 11.7. The van der Waals surface area contributed by atoms with Gasteiger partial charge in [0, 0.05) is 30.5 Å². The number of hydrogen-bond donors (Lipinski definition) is 3. The third kappa shape index (κ3) is 2.06. The van der Waals surface area contributed by atoms with E-state index < -0.39 is 0 Å². The highest BCUT2D eigenvalue weighted by atomic mass is 16.3. The molecule has 1 heterocycles. The first-order chi connectivity index (χ1) is 8.33. The molecule has 0 amide bonds. The Morgan fingerprint density at radius 2 is 2.29 bits per heavy atom. The summed E-state index contributed by atoms with van der Waals surface area (Å²) in [5.41, 5.74) is 2.50. The van der Waals surface area contributed by atoms with Gasteiger partial charge in [-0.2, -0.15) is 5.10 Å². The number of nitrogens with zero attached hydrogens (tertiary/aromatic N) is 1. The molecule has 17 heavy (non-hydrogen) atoms. The molecular weight excluding hydrogens is 214 g/mol. The normalized spacial score (nSPS) is 17.5. The number of hydrogen-bond acceptors (Lipinski definition) is 3. The zero-order valence-corrected chi connectivity index (χ0v) is 9.74. The van der Waals surface area contributed by atoms with E-state index in [1.165, 1.54) is 5.56 Å². The number of benzene rings is 1. The Morgan fingerprint density at radius 1 is 1.41 bits per heavy atom. The van der Waals surface area contributed by atoms with Gasteiger partial charge in [-0.3, -0.25) is 5.10 Å². The molecule has 0 radical (unpaired) electrons. The molecule has 0 atom stereocenters. The standard InChI is InChI=1S/C13H17N3O/c17-9-13(4-5-13)8-14-6-10-2-1-3-11-7-15-16-12(10)11/h1-3,7,14,17H,4-6,8-9H2,(H,15,16). The highest BCUT2D eigenvalue weighted by molar-refractivity contribution is 5.81. The third-order valence-corrected chi connectivity index (χ3v) is 3.67. The lowest BCUT2D eigenvalue weighted by molar-refractivity contribution is 0.207. The number of nitrogens with one attached hydrogen (secondary N) is 2. The van der Waals surface area contributed by atoms with Crippen molar-refractivity contribution in [1.29, 1.82) is 0 Å². The summed E-state index contributed by atoms with van der Waals surface area (Å²) in [6, 6.07) is 6.21. The first-order valence-corrected chi connectivity index (χ1v) is 6.06. The molecule has 1 aliphatic rings. The molecule has 1 fully saturated rings. The maximum Gasteiger partial charge on any atom is 0.0695 e. The van der Waals surface area contributed by atoms with Gasteiger partial charge in [0.1, 0.15) is 0 Å². The van der Waals surface area contributed by atoms with Crippen LogP contribution >= 0.6 is 0 Å². The van der Waals surface area contributed by atoms with E-state index in [1.807, 2.05) is 12.3 Å². The number of para-hydroxylation sites is 1. The van der Waals surface area contributed by atoms with E-state index in [1.54, 1.807) is 0 Å². The van der Waals surface area contributed by atoms with Crippen molar-refractivity contribution in [3.63, 3.8) is 0 Å². The maximum absolute atomic E-state index is 9.24. The van der Waals surface area contributed by atoms with Crippen molar-refractivity contribution < 1.29 is 5.11 Å². The first kappa shape index (κ1) is 10.7. The minimum atomic E-state index is 0.169. The van der Waals surface area contributed by atoms with Gasteiger partial charge >= 0.3 is 0 Å². The minimum Gasteiger partial charge on any atom is -0.396 e. The van der Waals surface area contributed by atoms with Crippen molar-refractivity contribution in [2.75, 3.05) is 13.2 Å². The minimum absolute atomic E-state index is 0.169. The molecule has 1 aromatic heterocycles. The summed E-state index contributed by atoms with van der Waals surface area (Å²) in [4.78, 5) is 0. The van der Waals surface area contributed by atoms with Gasteiger partial charge in [0.05, 0.1) is 11.7 Å². The summed E-state index contributed by atoms with van der Waals surface area (Å²) < 4.78 is 0. The van der Waals surface area contributed by atoms with Crippen molar-refractivity contribution >= 4 is 10.9 Å². The van der Waals surface area contributed by atoms with Crippen molar-refractivity contribution in [3.8, 4) is 0 Å². The van der Waals surface area contributed by atoms with Crippen molar-refractivity contribution in [2.45, 2.75) is 19.4 Å². The van der Waals surface area contributed by atoms with E-state index >= 15 is 0 Å². The Labute approximate surface area is 100 Å². The average Bonchev–Trinajstić information content (AvgIpc) is 2.97. The smallest absolute Gasteiger partial charge is 0.0695 e. The van der Waals surface area contributed by atoms with Crippen molar-refractivity contribution in [2.24, 2.45) is 5.41 Å². The second-order valence-electron chi connectivity index (χ2n) is 5.01. The monoisotopic (exact) mass is 231 g/mol. The highest BCUT2D eigenvalue weighted by Crippen LogP contribution is 2.44. The largest absolute Gasteiger partial charge is 0.396 e. The highest BCUT2D eigenvalue weighted by Gasteiger charge is 2.41. The van der Waals surface area contributed by atoms with Crippen LogP contribution in [0.2, 0.25) is 0 Å². The topological polar surface area (TPSA) is 60.9 Å². The van der Waals surface area contributed by atoms with Crippen LogP contribution in [0.4, 0.5) is 0 Å². The molecule has 2 aromatic rings. The van der Waals surface area contributed by atoms with Crippen molar-refractivity contribution in [1.82, 2.24) is 15.5 Å². The Morgan fingerprint density at radius 3 is 3.06 bits per heavy atom. The van der Waals surface area contributed by atoms with Gasteiger partial charge in [-0.05, 0) is 18.4 Å². The Kier molecular flexibility index (Phi) is 2.61. The summed E-state index contributed by atoms with van der Waals surface area (Å²) in [7, 11) is 0. The second kappa shape index (κ2) is 4.13. The van der Waals surface area contributed by atoms with Gasteiger partial charge in [0.15, 0.2) is 0 Å². The molecule has 0 unspecified atom stereocenters. The lowest BCUT2D eigenvalue weighted by Crippen LogP contribution is -2.26. The number of rotatable bonds is 5. The van der Waals surface area contributed by atoms with Gasteiger partial charge in [0.25, 0.3) is 0 Å². The van der Waals surface area contributed by atoms with Crippen LogP contribution < -0.4 is 5.32 Å². The molecule has 0 spiro atoms. The lowest BCUT2D eigenvalue weighted by atomic mass is 10.1. The Bertz CT molecular complexity index is 516. The Balaban J connectivity index is 1.66. The number of aliphatic hydroxyl groups is 1. The number of fused-ring (bicyclic) bond motifs is 1. The lowest BCUT2D eigenvalue weighted by Gasteiger charge is -2.12. The molecule has 0 saturated heterocycles. The predicted octanol–water partition coefficient (Wildman–Crippen LogP) is 1.42. The van der Waals surface area contributed by atoms with Crippen LogP contribution in [0.15, 0.2) is 24.4 Å². The van der Waals surface area contributed by atoms with E-state index in [9.17, 15) is 5.11 Å². The van der Waals surface area contributed by atoms with E-state index in [0.717, 1.165) is 36.8 Å². The van der Waals surface area contributed by atoms with Gasteiger partial charge in [0.2, 0.25) is 0 Å². The van der Waals surface area contributed by atoms with E-state index in [0.29, 0.717) is 6.61 Å². The number of aliphatic hydroxyl groups excluding tert-OH is 1. The summed E-state index contributed by atoms with van der Waals surface area (Å²) in [5.74, 6) is 0. The molecule has 4 heteroatoms. The molecule has 0 bridgehead atoms. The fourth-order valence-corrected chi connectivity index (χ4v) is 2.21. The molecular formula is C13H17N3O. The third-order valence-electron chi connectivity index (χ3n) is 3.67. The quantitative estimate of drug-likeness (QED) is 0.729. The van der Waals surface area contributed by atoms with Crippen LogP contribution in [0.25, 0.3) is 10.9 Å². The second-order valence-corrected chi connectivity index (χ2v) is 5.01. The van der Waals surface area contributed by atoms with Crippen molar-refractivity contribution in [3.05, 3.63) is 30.0 Å². The Hall–Kier alpha value is -1.39. The number of aromatic amines is 1. The van der Waals surface area contributed by atoms with Crippen LogP contribution in [-0.4, -0.2) is 28.5 Å². The summed E-state index contributed by atoms with van der Waals surface area (Å²) in [6.45, 7) is 2.02. The summed E-state index contributed by atoms with van der Waals surface area (Å²) in [6.07, 6.45) is 4.13. The molecule has 1 saturated carbocycles. The molecule has 0 aliphatic heterocycles. The zero-order valence-electron chi connectivity index (χ0n) is 9.74. The van der Waals surface area contributed by atoms with Crippen LogP contribution in [0.5, 0.6) is 0 Å². The molecule has 4 nitrogen and oxygen atoms in total. The fourth-order valence-electron chi connectivity index (χ4n) is 2.21. The van der Waals surface area contributed by atoms with E-state index in [2.05, 4.69) is 27.6 Å². The van der Waals surface area contributed by atoms with E-state index in [-0.39, 0.29) is 5.41 Å². The summed E-state index contributed by atoms with van der Waals surface area (Å²) >= 11 is 0. The number of H-pyrrole nitrogens is 1. The fraction of sp³-hybridized carbons (Fsp3) is 0.462. The predicted molar refractivity (Wildman–Crippen MR) is 66.6 cm³/mol. The SMILES string of the molecule is OCC1(CNCc2cccc3cn[nH]c23)CC1. The van der Waals surface area contributed by atoms with E-state index in [4.69, 9.17) is 0 Å². The van der Waals surface area contributed by atoms with Crippen LogP contribution in [0.3, 0.4) is 0 Å². The van der Waals surface area contributed by atoms with Gasteiger partial charge in [-0.25, -0.2) is 0 Å². The van der Waals surface area contributed by atoms with Gasteiger partial charge in [-0.1, -0.05) is 18.2 Å². The molecule has 90 valence electrons. The molecule has 1 aliphatic carbocycles. The molecule has 3 N–H and O–H groups in total. The maximum atomic E-state index is 9.24. The van der Waals surface area contributed by atoms with Gasteiger partial charge < -0.3 is 10.4 Å². The molecule has 1 aromatic carbocycles. The van der Waals surface area contributed by atoms with Crippen LogP contribution in [-0.2, 0) is 6.54 Å². The number of aromatic nitrogens is 2. The first-order valence-electron chi connectivity index (χ1n) is 6.06. The average molecular weight is 231 g/mol. The van der Waals surface area contributed by atoms with Gasteiger partial charge in [-0.15, -0.1) is 0 Å². The van der Waals surface area contributed by atoms with Crippen LogP contribution in [0, 0.1) is 5.41 Å². The summed E-state index contributed by atoms with van der Waals surface area (Å²) in [5, 5.41) is 20.9. The molecule has 3 rings (SSSR count). The van der Waals surface area contributed by atoms with Crippen LogP contribution in [0.1, 0.15) is 18.4 Å².